The van der Waals surface area contributed by atoms with Crippen molar-refractivity contribution in [3.05, 3.63) is 71.3 Å². The van der Waals surface area contributed by atoms with Crippen LogP contribution >= 0.6 is 0 Å². The molecule has 0 bridgehead atoms. The van der Waals surface area contributed by atoms with Gasteiger partial charge in [-0.3, -0.25) is 9.59 Å². The van der Waals surface area contributed by atoms with Gasteiger partial charge < -0.3 is 10.6 Å². The highest BCUT2D eigenvalue weighted by Gasteiger charge is 2.26. The van der Waals surface area contributed by atoms with Gasteiger partial charge in [-0.15, -0.1) is 0 Å². The first-order chi connectivity index (χ1) is 14.3. The van der Waals surface area contributed by atoms with Crippen molar-refractivity contribution in [1.82, 2.24) is 9.62 Å². The number of aryl methyl sites for hydroxylation is 1. The number of sulfonamides is 1. The number of nitrogens with one attached hydrogen (secondary N) is 1. The van der Waals surface area contributed by atoms with E-state index in [1.807, 2.05) is 35.1 Å². The lowest BCUT2D eigenvalue weighted by Gasteiger charge is -2.20. The standard InChI is InChI=1S/C22H27N3O4S/c1-3-25(4-2)22(27)20(16-18-11-8-12-19(23)15-18)21(26)24-30(28,29)14-13-17-9-6-5-7-10-17/h5-12,15-16H,3-4,13-14,23H2,1-2H3,(H,24,26). The quantitative estimate of drug-likeness (QED) is 0.275. The van der Waals surface area contributed by atoms with E-state index in [1.54, 1.807) is 38.1 Å². The molecule has 0 aliphatic heterocycles. The van der Waals surface area contributed by atoms with E-state index in [-0.39, 0.29) is 17.7 Å². The number of benzene rings is 2. The molecule has 0 atom stereocenters. The highest BCUT2D eigenvalue weighted by atomic mass is 32.2. The van der Waals surface area contributed by atoms with Gasteiger partial charge in [0.2, 0.25) is 10.0 Å². The van der Waals surface area contributed by atoms with E-state index >= 15 is 0 Å². The molecule has 2 aromatic carbocycles. The Hall–Kier alpha value is -3.13. The van der Waals surface area contributed by atoms with Crippen molar-refractivity contribution in [2.24, 2.45) is 0 Å². The van der Waals surface area contributed by atoms with Gasteiger partial charge in [0.1, 0.15) is 5.57 Å². The second-order valence-electron chi connectivity index (χ2n) is 6.69. The van der Waals surface area contributed by atoms with Crippen LogP contribution in [0, 0.1) is 0 Å². The Balaban J connectivity index is 2.26. The summed E-state index contributed by atoms with van der Waals surface area (Å²) >= 11 is 0. The number of amides is 2. The smallest absolute Gasteiger partial charge is 0.270 e. The Morgan fingerprint density at radius 3 is 2.30 bits per heavy atom. The predicted molar refractivity (Wildman–Crippen MR) is 119 cm³/mol. The predicted octanol–water partition coefficient (Wildman–Crippen LogP) is 2.21. The molecule has 2 aromatic rings. The van der Waals surface area contributed by atoms with Crippen molar-refractivity contribution in [2.75, 3.05) is 24.6 Å². The van der Waals surface area contributed by atoms with Crippen LogP contribution in [0.2, 0.25) is 0 Å². The molecule has 30 heavy (non-hydrogen) atoms. The van der Waals surface area contributed by atoms with Gasteiger partial charge in [-0.1, -0.05) is 42.5 Å². The number of rotatable bonds is 9. The SMILES string of the molecule is CCN(CC)C(=O)C(=Cc1cccc(N)c1)C(=O)NS(=O)(=O)CCc1ccccc1. The molecule has 160 valence electrons. The van der Waals surface area contributed by atoms with Gasteiger partial charge in [0.25, 0.3) is 11.8 Å². The van der Waals surface area contributed by atoms with Crippen LogP contribution in [0.15, 0.2) is 60.2 Å². The van der Waals surface area contributed by atoms with Crippen molar-refractivity contribution >= 4 is 33.6 Å². The van der Waals surface area contributed by atoms with Gasteiger partial charge in [-0.05, 0) is 49.6 Å². The zero-order chi connectivity index (χ0) is 22.1. The number of nitrogens with two attached hydrogens (primary N) is 1. The molecule has 0 aliphatic rings. The molecule has 0 unspecified atom stereocenters. The van der Waals surface area contributed by atoms with Crippen molar-refractivity contribution in [3.63, 3.8) is 0 Å². The van der Waals surface area contributed by atoms with Crippen LogP contribution < -0.4 is 10.5 Å². The van der Waals surface area contributed by atoms with Crippen LogP contribution in [0.3, 0.4) is 0 Å². The third-order valence-corrected chi connectivity index (χ3v) is 5.74. The molecule has 3 N–H and O–H groups in total. The van der Waals surface area contributed by atoms with Gasteiger partial charge >= 0.3 is 0 Å². The Labute approximate surface area is 177 Å². The lowest BCUT2D eigenvalue weighted by Crippen LogP contribution is -2.40. The summed E-state index contributed by atoms with van der Waals surface area (Å²) in [5.41, 5.74) is 7.35. The van der Waals surface area contributed by atoms with Crippen LogP contribution in [0.25, 0.3) is 6.08 Å². The lowest BCUT2D eigenvalue weighted by molar-refractivity contribution is -0.129. The van der Waals surface area contributed by atoms with Crippen molar-refractivity contribution in [2.45, 2.75) is 20.3 Å². The minimum absolute atomic E-state index is 0.252. The fourth-order valence-electron chi connectivity index (χ4n) is 2.87. The highest BCUT2D eigenvalue weighted by Crippen LogP contribution is 2.14. The summed E-state index contributed by atoms with van der Waals surface area (Å²) in [4.78, 5) is 27.1. The molecular weight excluding hydrogens is 402 g/mol. The largest absolute Gasteiger partial charge is 0.399 e. The highest BCUT2D eigenvalue weighted by molar-refractivity contribution is 7.90. The summed E-state index contributed by atoms with van der Waals surface area (Å²) in [6, 6.07) is 15.7. The van der Waals surface area contributed by atoms with Gasteiger partial charge in [-0.25, -0.2) is 13.1 Å². The maximum Gasteiger partial charge on any atom is 0.270 e. The van der Waals surface area contributed by atoms with Gasteiger partial charge in [0.05, 0.1) is 5.75 Å². The first-order valence-corrected chi connectivity index (χ1v) is 11.4. The van der Waals surface area contributed by atoms with Gasteiger partial charge in [0.15, 0.2) is 0 Å². The molecule has 0 aromatic heterocycles. The zero-order valence-corrected chi connectivity index (χ0v) is 18.0. The summed E-state index contributed by atoms with van der Waals surface area (Å²) in [6.07, 6.45) is 1.61. The Morgan fingerprint density at radius 2 is 1.70 bits per heavy atom. The topological polar surface area (TPSA) is 110 Å². The van der Waals surface area contributed by atoms with E-state index in [9.17, 15) is 18.0 Å². The number of likely N-dealkylation sites (N-methyl/N-ethyl adjacent to an activating group) is 1. The van der Waals surface area contributed by atoms with E-state index in [2.05, 4.69) is 0 Å². The van der Waals surface area contributed by atoms with E-state index < -0.39 is 21.8 Å². The number of carbonyl (C=O) groups excluding carboxylic acids is 2. The first-order valence-electron chi connectivity index (χ1n) is 9.71. The van der Waals surface area contributed by atoms with Crippen LogP contribution in [-0.4, -0.2) is 44.0 Å². The number of hydrogen-bond acceptors (Lipinski definition) is 5. The summed E-state index contributed by atoms with van der Waals surface area (Å²) in [6.45, 7) is 4.34. The lowest BCUT2D eigenvalue weighted by atomic mass is 10.1. The van der Waals surface area contributed by atoms with E-state index in [0.717, 1.165) is 5.56 Å². The summed E-state index contributed by atoms with van der Waals surface area (Å²) in [5, 5.41) is 0. The molecule has 7 nitrogen and oxygen atoms in total. The number of anilines is 1. The molecule has 0 aliphatic carbocycles. The molecule has 0 saturated heterocycles. The average Bonchev–Trinajstić information content (AvgIpc) is 2.72. The van der Waals surface area contributed by atoms with E-state index in [1.165, 1.54) is 11.0 Å². The third-order valence-electron chi connectivity index (χ3n) is 4.50. The Kier molecular flexibility index (Phi) is 8.17. The maximum atomic E-state index is 12.9. The van der Waals surface area contributed by atoms with Gasteiger partial charge in [-0.2, -0.15) is 0 Å². The average molecular weight is 430 g/mol. The van der Waals surface area contributed by atoms with Gasteiger partial charge in [0, 0.05) is 18.8 Å². The minimum Gasteiger partial charge on any atom is -0.399 e. The Morgan fingerprint density at radius 1 is 1.03 bits per heavy atom. The summed E-state index contributed by atoms with van der Waals surface area (Å²) in [5.74, 6) is -1.77. The number of hydrogen-bond donors (Lipinski definition) is 2. The fourth-order valence-corrected chi connectivity index (χ4v) is 3.86. The first kappa shape index (κ1) is 23.2. The molecule has 8 heteroatoms. The molecular formula is C22H27N3O4S. The maximum absolute atomic E-state index is 12.9. The van der Waals surface area contributed by atoms with E-state index in [0.29, 0.717) is 24.3 Å². The number of nitrogen functional groups attached to an aromatic ring is 1. The molecule has 0 fully saturated rings. The molecule has 0 spiro atoms. The number of nitrogens with zero attached hydrogens (tertiary/aromatic N) is 1. The van der Waals surface area contributed by atoms with Crippen molar-refractivity contribution < 1.29 is 18.0 Å². The normalized spacial score (nSPS) is 11.7. The van der Waals surface area contributed by atoms with Crippen molar-refractivity contribution in [1.29, 1.82) is 0 Å². The fraction of sp³-hybridized carbons (Fsp3) is 0.273. The van der Waals surface area contributed by atoms with Crippen LogP contribution in [0.5, 0.6) is 0 Å². The zero-order valence-electron chi connectivity index (χ0n) is 17.2. The minimum atomic E-state index is -3.93. The monoisotopic (exact) mass is 429 g/mol. The molecule has 2 rings (SSSR count). The molecule has 0 heterocycles. The van der Waals surface area contributed by atoms with Crippen LogP contribution in [0.1, 0.15) is 25.0 Å². The van der Waals surface area contributed by atoms with Crippen LogP contribution in [-0.2, 0) is 26.0 Å². The van der Waals surface area contributed by atoms with Crippen LogP contribution in [0.4, 0.5) is 5.69 Å². The molecule has 0 saturated carbocycles. The summed E-state index contributed by atoms with van der Waals surface area (Å²) in [7, 11) is -3.93. The van der Waals surface area contributed by atoms with Crippen molar-refractivity contribution in [3.8, 4) is 0 Å². The second kappa shape index (κ2) is 10.6. The number of carbonyl (C=O) groups is 2. The third kappa shape index (κ3) is 6.73. The summed E-state index contributed by atoms with van der Waals surface area (Å²) < 4.78 is 26.9. The molecule has 0 radical (unpaired) electrons. The Bertz CT molecular complexity index is 1010. The second-order valence-corrected chi connectivity index (χ2v) is 8.53. The molecule has 2 amide bonds. The van der Waals surface area contributed by atoms with E-state index in [4.69, 9.17) is 5.73 Å².